The fourth-order valence-electron chi connectivity index (χ4n) is 2.33. The quantitative estimate of drug-likeness (QED) is 0.877. The van der Waals surface area contributed by atoms with Gasteiger partial charge in [0.1, 0.15) is 5.82 Å². The van der Waals surface area contributed by atoms with Crippen molar-refractivity contribution in [2.75, 3.05) is 18.4 Å². The summed E-state index contributed by atoms with van der Waals surface area (Å²) in [5.41, 5.74) is 3.30. The highest BCUT2D eigenvalue weighted by Crippen LogP contribution is 2.14. The molecule has 0 fully saturated rings. The number of pyridine rings is 1. The molecule has 1 aliphatic rings. The first-order valence-electron chi connectivity index (χ1n) is 6.67. The van der Waals surface area contributed by atoms with E-state index in [-0.39, 0.29) is 5.91 Å². The summed E-state index contributed by atoms with van der Waals surface area (Å²) < 4.78 is 0. The molecule has 20 heavy (non-hydrogen) atoms. The molecule has 6 nitrogen and oxygen atoms in total. The van der Waals surface area contributed by atoms with Crippen LogP contribution in [0.2, 0.25) is 0 Å². The maximum Gasteiger partial charge on any atom is 0.239 e. The van der Waals surface area contributed by atoms with Gasteiger partial charge < -0.3 is 10.3 Å². The van der Waals surface area contributed by atoms with Crippen molar-refractivity contribution in [3.05, 3.63) is 41.6 Å². The molecule has 0 radical (unpaired) electrons. The number of H-pyrrole nitrogens is 1. The van der Waals surface area contributed by atoms with E-state index in [0.717, 1.165) is 36.5 Å². The van der Waals surface area contributed by atoms with Crippen LogP contribution in [0.15, 0.2) is 24.7 Å². The zero-order chi connectivity index (χ0) is 13.9. The number of hydrogen-bond donors (Lipinski definition) is 2. The molecule has 6 heteroatoms. The molecule has 0 saturated heterocycles. The van der Waals surface area contributed by atoms with Crippen LogP contribution in [0, 0.1) is 6.92 Å². The fraction of sp³-hybridized carbons (Fsp3) is 0.357. The summed E-state index contributed by atoms with van der Waals surface area (Å²) in [4.78, 5) is 25.6. The van der Waals surface area contributed by atoms with E-state index in [0.29, 0.717) is 12.4 Å². The molecule has 0 aromatic carbocycles. The molecule has 2 aromatic heterocycles. The molecule has 0 bridgehead atoms. The van der Waals surface area contributed by atoms with Crippen LogP contribution in [0.3, 0.4) is 0 Å². The van der Waals surface area contributed by atoms with E-state index in [1.807, 2.05) is 19.1 Å². The lowest BCUT2D eigenvalue weighted by atomic mass is 10.1. The van der Waals surface area contributed by atoms with Gasteiger partial charge in [-0.1, -0.05) is 6.07 Å². The van der Waals surface area contributed by atoms with Crippen molar-refractivity contribution < 1.29 is 4.79 Å². The number of nitrogens with zero attached hydrogens (tertiary/aromatic N) is 3. The van der Waals surface area contributed by atoms with Crippen LogP contribution in [-0.4, -0.2) is 38.8 Å². The standard InChI is InChI=1S/C14H17N5O/c1-10-2-3-13(15-6-10)18-14(20)8-19-5-4-11-12(7-19)17-9-16-11/h2-3,6,9H,4-5,7-8H2,1H3,(H,16,17)(H,15,18,20). The molecular weight excluding hydrogens is 254 g/mol. The molecule has 0 aliphatic carbocycles. The van der Waals surface area contributed by atoms with Gasteiger partial charge in [0, 0.05) is 25.7 Å². The van der Waals surface area contributed by atoms with Gasteiger partial charge in [-0.2, -0.15) is 0 Å². The summed E-state index contributed by atoms with van der Waals surface area (Å²) in [5.74, 6) is 0.559. The Balaban J connectivity index is 1.56. The molecule has 2 aromatic rings. The van der Waals surface area contributed by atoms with Crippen LogP contribution in [-0.2, 0) is 17.8 Å². The zero-order valence-corrected chi connectivity index (χ0v) is 11.4. The number of aromatic amines is 1. The number of carbonyl (C=O) groups excluding carboxylic acids is 1. The smallest absolute Gasteiger partial charge is 0.239 e. The summed E-state index contributed by atoms with van der Waals surface area (Å²) in [6.45, 7) is 3.93. The van der Waals surface area contributed by atoms with Gasteiger partial charge in [0.2, 0.25) is 5.91 Å². The summed E-state index contributed by atoms with van der Waals surface area (Å²) in [5, 5.41) is 2.82. The molecule has 3 rings (SSSR count). The number of rotatable bonds is 3. The Hall–Kier alpha value is -2.21. The Bertz CT molecular complexity index is 604. The van der Waals surface area contributed by atoms with Crippen molar-refractivity contribution in [3.8, 4) is 0 Å². The van der Waals surface area contributed by atoms with Gasteiger partial charge in [0.15, 0.2) is 0 Å². The van der Waals surface area contributed by atoms with E-state index in [2.05, 4.69) is 25.2 Å². The van der Waals surface area contributed by atoms with Crippen LogP contribution in [0.5, 0.6) is 0 Å². The highest BCUT2D eigenvalue weighted by Gasteiger charge is 2.20. The van der Waals surface area contributed by atoms with Crippen molar-refractivity contribution in [1.29, 1.82) is 0 Å². The second-order valence-electron chi connectivity index (χ2n) is 5.06. The number of anilines is 1. The lowest BCUT2D eigenvalue weighted by Gasteiger charge is -2.25. The monoisotopic (exact) mass is 271 g/mol. The van der Waals surface area contributed by atoms with E-state index in [9.17, 15) is 4.79 Å². The van der Waals surface area contributed by atoms with Crippen LogP contribution in [0.25, 0.3) is 0 Å². The van der Waals surface area contributed by atoms with Crippen molar-refractivity contribution in [2.24, 2.45) is 0 Å². The average Bonchev–Trinajstić information content (AvgIpc) is 2.89. The Labute approximate surface area is 117 Å². The Kier molecular flexibility index (Phi) is 3.47. The first-order valence-corrected chi connectivity index (χ1v) is 6.67. The molecule has 0 atom stereocenters. The van der Waals surface area contributed by atoms with Gasteiger partial charge in [-0.25, -0.2) is 9.97 Å². The molecular formula is C14H17N5O. The van der Waals surface area contributed by atoms with Crippen LogP contribution >= 0.6 is 0 Å². The minimum absolute atomic E-state index is 0.0377. The summed E-state index contributed by atoms with van der Waals surface area (Å²) in [6, 6.07) is 3.75. The van der Waals surface area contributed by atoms with Gasteiger partial charge in [0.25, 0.3) is 0 Å². The second kappa shape index (κ2) is 5.42. The molecule has 104 valence electrons. The SMILES string of the molecule is Cc1ccc(NC(=O)CN2CCc3nc[nH]c3C2)nc1. The van der Waals surface area contributed by atoms with E-state index in [4.69, 9.17) is 0 Å². The maximum atomic E-state index is 12.0. The molecule has 3 heterocycles. The number of nitrogens with one attached hydrogen (secondary N) is 2. The second-order valence-corrected chi connectivity index (χ2v) is 5.06. The molecule has 0 spiro atoms. The number of amides is 1. The number of imidazole rings is 1. The average molecular weight is 271 g/mol. The highest BCUT2D eigenvalue weighted by molar-refractivity contribution is 5.91. The Morgan fingerprint density at radius 3 is 3.15 bits per heavy atom. The summed E-state index contributed by atoms with van der Waals surface area (Å²) in [6.07, 6.45) is 4.34. The van der Waals surface area contributed by atoms with Gasteiger partial charge in [-0.3, -0.25) is 9.69 Å². The lowest BCUT2D eigenvalue weighted by Crippen LogP contribution is -2.37. The predicted molar refractivity (Wildman–Crippen MR) is 75.2 cm³/mol. The largest absolute Gasteiger partial charge is 0.347 e. The molecule has 0 saturated carbocycles. The van der Waals surface area contributed by atoms with Crippen molar-refractivity contribution in [2.45, 2.75) is 19.9 Å². The number of carbonyl (C=O) groups is 1. The maximum absolute atomic E-state index is 12.0. The topological polar surface area (TPSA) is 73.9 Å². The Morgan fingerprint density at radius 2 is 2.35 bits per heavy atom. The first-order chi connectivity index (χ1) is 9.70. The van der Waals surface area contributed by atoms with Gasteiger partial charge >= 0.3 is 0 Å². The molecule has 1 amide bonds. The van der Waals surface area contributed by atoms with Gasteiger partial charge in [-0.15, -0.1) is 0 Å². The minimum atomic E-state index is -0.0377. The van der Waals surface area contributed by atoms with E-state index in [1.54, 1.807) is 12.5 Å². The van der Waals surface area contributed by atoms with Crippen LogP contribution < -0.4 is 5.32 Å². The number of hydrogen-bond acceptors (Lipinski definition) is 4. The third-order valence-corrected chi connectivity index (χ3v) is 3.40. The fourth-order valence-corrected chi connectivity index (χ4v) is 2.33. The molecule has 1 aliphatic heterocycles. The van der Waals surface area contributed by atoms with E-state index in [1.165, 1.54) is 0 Å². The van der Waals surface area contributed by atoms with E-state index >= 15 is 0 Å². The molecule has 2 N–H and O–H groups in total. The Morgan fingerprint density at radius 1 is 1.45 bits per heavy atom. The lowest BCUT2D eigenvalue weighted by molar-refractivity contribution is -0.117. The van der Waals surface area contributed by atoms with Crippen LogP contribution in [0.1, 0.15) is 17.0 Å². The summed E-state index contributed by atoms with van der Waals surface area (Å²) >= 11 is 0. The number of fused-ring (bicyclic) bond motifs is 1. The molecule has 0 unspecified atom stereocenters. The highest BCUT2D eigenvalue weighted by atomic mass is 16.2. The normalized spacial score (nSPS) is 14.8. The minimum Gasteiger partial charge on any atom is -0.347 e. The number of aromatic nitrogens is 3. The van der Waals surface area contributed by atoms with Gasteiger partial charge in [-0.05, 0) is 18.6 Å². The van der Waals surface area contributed by atoms with Crippen LogP contribution in [0.4, 0.5) is 5.82 Å². The van der Waals surface area contributed by atoms with Crippen molar-refractivity contribution >= 4 is 11.7 Å². The van der Waals surface area contributed by atoms with Crippen molar-refractivity contribution in [1.82, 2.24) is 19.9 Å². The third-order valence-electron chi connectivity index (χ3n) is 3.40. The first kappa shape index (κ1) is 12.8. The summed E-state index contributed by atoms with van der Waals surface area (Å²) in [7, 11) is 0. The zero-order valence-electron chi connectivity index (χ0n) is 11.4. The number of aryl methyl sites for hydroxylation is 1. The van der Waals surface area contributed by atoms with Crippen molar-refractivity contribution in [3.63, 3.8) is 0 Å². The van der Waals surface area contributed by atoms with E-state index < -0.39 is 0 Å². The van der Waals surface area contributed by atoms with Gasteiger partial charge in [0.05, 0.1) is 24.3 Å². The predicted octanol–water partition coefficient (Wildman–Crippen LogP) is 1.11. The third kappa shape index (κ3) is 2.85.